The van der Waals surface area contributed by atoms with Crippen LogP contribution in [0.2, 0.25) is 0 Å². The number of rotatable bonds is 4. The van der Waals surface area contributed by atoms with Crippen molar-refractivity contribution in [2.45, 2.75) is 19.9 Å². The molecule has 3 rings (SSSR count). The molecule has 0 fully saturated rings. The van der Waals surface area contributed by atoms with Crippen LogP contribution in [0.5, 0.6) is 0 Å². The number of benzene rings is 1. The van der Waals surface area contributed by atoms with Gasteiger partial charge in [0.25, 0.3) is 11.8 Å². The zero-order valence-electron chi connectivity index (χ0n) is 13.9. The highest BCUT2D eigenvalue weighted by molar-refractivity contribution is 6.10. The molecule has 0 saturated heterocycles. The van der Waals surface area contributed by atoms with E-state index in [0.29, 0.717) is 24.4 Å². The van der Waals surface area contributed by atoms with E-state index in [1.54, 1.807) is 35.8 Å². The van der Waals surface area contributed by atoms with Crippen LogP contribution in [-0.4, -0.2) is 40.5 Å². The summed E-state index contributed by atoms with van der Waals surface area (Å²) in [4.78, 5) is 40.2. The van der Waals surface area contributed by atoms with Gasteiger partial charge in [-0.15, -0.1) is 0 Å². The SMILES string of the molecule is CCOC(=O)c1ccc(NC(=O)c2ncn3c2C(=O)NC[C@@H]3C)cc1. The summed E-state index contributed by atoms with van der Waals surface area (Å²) in [6.07, 6.45) is 1.50. The van der Waals surface area contributed by atoms with Gasteiger partial charge in [-0.1, -0.05) is 0 Å². The summed E-state index contributed by atoms with van der Waals surface area (Å²) in [5, 5.41) is 5.42. The predicted molar refractivity (Wildman–Crippen MR) is 89.6 cm³/mol. The Balaban J connectivity index is 1.77. The smallest absolute Gasteiger partial charge is 0.338 e. The summed E-state index contributed by atoms with van der Waals surface area (Å²) in [7, 11) is 0. The molecule has 0 spiro atoms. The Morgan fingerprint density at radius 3 is 2.76 bits per heavy atom. The lowest BCUT2D eigenvalue weighted by Crippen LogP contribution is -2.38. The standard InChI is InChI=1S/C17H18N4O4/c1-3-25-17(24)11-4-6-12(7-5-11)20-15(22)13-14-16(23)18-8-10(2)21(14)9-19-13/h4-7,9-10H,3,8H2,1-2H3,(H,18,23)(H,20,22)/t10-/m0/s1. The summed E-state index contributed by atoms with van der Waals surface area (Å²) in [5.74, 6) is -1.23. The highest BCUT2D eigenvalue weighted by Crippen LogP contribution is 2.19. The zero-order valence-corrected chi connectivity index (χ0v) is 13.9. The van der Waals surface area contributed by atoms with Gasteiger partial charge in [-0.25, -0.2) is 9.78 Å². The summed E-state index contributed by atoms with van der Waals surface area (Å²) in [6, 6.07) is 6.34. The molecule has 130 valence electrons. The van der Waals surface area contributed by atoms with Crippen molar-refractivity contribution in [1.29, 1.82) is 0 Å². The van der Waals surface area contributed by atoms with Crippen LogP contribution < -0.4 is 10.6 Å². The van der Waals surface area contributed by atoms with Crippen molar-refractivity contribution in [2.75, 3.05) is 18.5 Å². The van der Waals surface area contributed by atoms with Crippen molar-refractivity contribution in [3.8, 4) is 0 Å². The van der Waals surface area contributed by atoms with Gasteiger partial charge in [0.15, 0.2) is 5.69 Å². The van der Waals surface area contributed by atoms with Crippen molar-refractivity contribution in [2.24, 2.45) is 0 Å². The lowest BCUT2D eigenvalue weighted by molar-refractivity contribution is 0.0526. The topological polar surface area (TPSA) is 102 Å². The van der Waals surface area contributed by atoms with Crippen LogP contribution in [0.3, 0.4) is 0 Å². The van der Waals surface area contributed by atoms with Crippen LogP contribution in [0.4, 0.5) is 5.69 Å². The monoisotopic (exact) mass is 342 g/mol. The summed E-state index contributed by atoms with van der Waals surface area (Å²) in [5.41, 5.74) is 1.20. The van der Waals surface area contributed by atoms with Crippen LogP contribution in [0.15, 0.2) is 30.6 Å². The summed E-state index contributed by atoms with van der Waals surface area (Å²) < 4.78 is 6.60. The van der Waals surface area contributed by atoms with E-state index in [-0.39, 0.29) is 23.3 Å². The normalized spacial score (nSPS) is 15.9. The number of aromatic nitrogens is 2. The Morgan fingerprint density at radius 1 is 1.36 bits per heavy atom. The van der Waals surface area contributed by atoms with Gasteiger partial charge in [0.05, 0.1) is 18.5 Å². The van der Waals surface area contributed by atoms with Crippen molar-refractivity contribution in [3.05, 3.63) is 47.5 Å². The van der Waals surface area contributed by atoms with Crippen LogP contribution in [0, 0.1) is 0 Å². The minimum absolute atomic E-state index is 0.0330. The van der Waals surface area contributed by atoms with E-state index < -0.39 is 11.9 Å². The first-order valence-corrected chi connectivity index (χ1v) is 7.94. The molecule has 1 aliphatic rings. The maximum absolute atomic E-state index is 12.5. The van der Waals surface area contributed by atoms with Crippen molar-refractivity contribution < 1.29 is 19.1 Å². The van der Waals surface area contributed by atoms with E-state index in [1.165, 1.54) is 6.33 Å². The second-order valence-corrected chi connectivity index (χ2v) is 5.66. The predicted octanol–water partition coefficient (Wildman–Crippen LogP) is 1.62. The molecule has 0 radical (unpaired) electrons. The molecule has 8 nitrogen and oxygen atoms in total. The molecule has 0 unspecified atom stereocenters. The van der Waals surface area contributed by atoms with Crippen molar-refractivity contribution in [1.82, 2.24) is 14.9 Å². The molecule has 2 heterocycles. The Hall–Kier alpha value is -3.16. The minimum atomic E-state index is -0.484. The first-order chi connectivity index (χ1) is 12.0. The minimum Gasteiger partial charge on any atom is -0.462 e. The molecule has 0 saturated carbocycles. The number of nitrogens with one attached hydrogen (secondary N) is 2. The number of imidazole rings is 1. The van der Waals surface area contributed by atoms with E-state index in [2.05, 4.69) is 15.6 Å². The number of amides is 2. The van der Waals surface area contributed by atoms with Crippen molar-refractivity contribution in [3.63, 3.8) is 0 Å². The maximum Gasteiger partial charge on any atom is 0.338 e. The van der Waals surface area contributed by atoms with Gasteiger partial charge in [-0.3, -0.25) is 9.59 Å². The average molecular weight is 342 g/mol. The second-order valence-electron chi connectivity index (χ2n) is 5.66. The number of nitrogens with zero attached hydrogens (tertiary/aromatic N) is 2. The van der Waals surface area contributed by atoms with E-state index in [4.69, 9.17) is 4.74 Å². The van der Waals surface area contributed by atoms with Crippen molar-refractivity contribution >= 4 is 23.5 Å². The third kappa shape index (κ3) is 3.23. The molecular weight excluding hydrogens is 324 g/mol. The molecule has 1 atom stereocenters. The number of carbonyl (C=O) groups excluding carboxylic acids is 3. The first kappa shape index (κ1) is 16.7. The Morgan fingerprint density at radius 2 is 2.08 bits per heavy atom. The molecular formula is C17H18N4O4. The third-order valence-corrected chi connectivity index (χ3v) is 3.91. The van der Waals surface area contributed by atoms with E-state index in [0.717, 1.165) is 0 Å². The number of ether oxygens (including phenoxy) is 1. The van der Waals surface area contributed by atoms with Crippen LogP contribution in [-0.2, 0) is 4.74 Å². The van der Waals surface area contributed by atoms with Gasteiger partial charge in [-0.05, 0) is 38.1 Å². The number of esters is 1. The Labute approximate surface area is 144 Å². The zero-order chi connectivity index (χ0) is 18.0. The molecule has 8 heteroatoms. The summed E-state index contributed by atoms with van der Waals surface area (Å²) >= 11 is 0. The lowest BCUT2D eigenvalue weighted by Gasteiger charge is -2.22. The third-order valence-electron chi connectivity index (χ3n) is 3.91. The molecule has 2 aromatic rings. The molecule has 0 aliphatic carbocycles. The number of anilines is 1. The number of hydrogen-bond donors (Lipinski definition) is 2. The van der Waals surface area contributed by atoms with Gasteiger partial charge < -0.3 is 19.9 Å². The van der Waals surface area contributed by atoms with Gasteiger partial charge in [0, 0.05) is 18.3 Å². The quantitative estimate of drug-likeness (QED) is 0.822. The molecule has 0 bridgehead atoms. The van der Waals surface area contributed by atoms with E-state index in [1.807, 2.05) is 6.92 Å². The maximum atomic E-state index is 12.5. The number of carbonyl (C=O) groups is 3. The van der Waals surface area contributed by atoms with E-state index >= 15 is 0 Å². The molecule has 2 amide bonds. The van der Waals surface area contributed by atoms with Crippen LogP contribution in [0.1, 0.15) is 51.2 Å². The average Bonchev–Trinajstić information content (AvgIpc) is 3.05. The fraction of sp³-hybridized carbons (Fsp3) is 0.294. The van der Waals surface area contributed by atoms with Gasteiger partial charge >= 0.3 is 5.97 Å². The molecule has 1 aromatic heterocycles. The second kappa shape index (κ2) is 6.76. The Kier molecular flexibility index (Phi) is 4.51. The summed E-state index contributed by atoms with van der Waals surface area (Å²) in [6.45, 7) is 4.46. The molecule has 2 N–H and O–H groups in total. The largest absolute Gasteiger partial charge is 0.462 e. The fourth-order valence-electron chi connectivity index (χ4n) is 2.60. The van der Waals surface area contributed by atoms with Gasteiger partial charge in [0.2, 0.25) is 0 Å². The highest BCUT2D eigenvalue weighted by Gasteiger charge is 2.29. The van der Waals surface area contributed by atoms with Crippen LogP contribution >= 0.6 is 0 Å². The first-order valence-electron chi connectivity index (χ1n) is 7.94. The molecule has 25 heavy (non-hydrogen) atoms. The fourth-order valence-corrected chi connectivity index (χ4v) is 2.60. The Bertz CT molecular complexity index is 826. The molecule has 1 aromatic carbocycles. The van der Waals surface area contributed by atoms with E-state index in [9.17, 15) is 14.4 Å². The van der Waals surface area contributed by atoms with Crippen LogP contribution in [0.25, 0.3) is 0 Å². The van der Waals surface area contributed by atoms with Gasteiger partial charge in [-0.2, -0.15) is 0 Å². The lowest BCUT2D eigenvalue weighted by atomic mass is 10.2. The number of fused-ring (bicyclic) bond motifs is 1. The van der Waals surface area contributed by atoms with Gasteiger partial charge in [0.1, 0.15) is 5.69 Å². The molecule has 1 aliphatic heterocycles. The highest BCUT2D eigenvalue weighted by atomic mass is 16.5. The number of hydrogen-bond acceptors (Lipinski definition) is 5.